The van der Waals surface area contributed by atoms with Crippen LogP contribution >= 0.6 is 11.3 Å². The molecule has 0 aliphatic carbocycles. The molecule has 1 aromatic rings. The van der Waals surface area contributed by atoms with E-state index in [1.807, 2.05) is 0 Å². The molecule has 1 fully saturated rings. The third-order valence-corrected chi connectivity index (χ3v) is 4.33. The van der Waals surface area contributed by atoms with Crippen molar-refractivity contribution in [3.8, 4) is 0 Å². The molecule has 0 unspecified atom stereocenters. The number of hydrogen-bond donors (Lipinski definition) is 2. The summed E-state index contributed by atoms with van der Waals surface area (Å²) in [5.74, 6) is -0.666. The number of anilines is 1. The smallest absolute Gasteiger partial charge is 0.266 e. The molecule has 2 amide bonds. The largest absolute Gasteiger partial charge is 0.379 e. The van der Waals surface area contributed by atoms with Crippen molar-refractivity contribution < 1.29 is 19.3 Å². The van der Waals surface area contributed by atoms with E-state index in [1.54, 1.807) is 19.4 Å². The Bertz CT molecular complexity index is 550. The van der Waals surface area contributed by atoms with Gasteiger partial charge < -0.3 is 5.32 Å². The van der Waals surface area contributed by atoms with E-state index in [9.17, 15) is 9.59 Å². The van der Waals surface area contributed by atoms with Gasteiger partial charge in [-0.05, 0) is 6.92 Å². The first kappa shape index (κ1) is 12.5. The molecule has 102 valence electrons. The first-order valence-corrected chi connectivity index (χ1v) is 6.69. The molecule has 1 saturated heterocycles. The molecule has 2 N–H and O–H groups in total. The van der Waals surface area contributed by atoms with E-state index in [0.717, 1.165) is 4.90 Å². The molecule has 0 saturated carbocycles. The van der Waals surface area contributed by atoms with E-state index in [-0.39, 0.29) is 11.8 Å². The standard InChI is InChI=1S/C11H13N3O4S/c1-11(3-4-17-13-18-11)14-9(15)6-5-19-8(12-2)7(6)10(14)16/h5,12-13H,3-4H2,1-2H3/t11-/m1/s1. The number of amides is 2. The molecule has 1 atom stereocenters. The highest BCUT2D eigenvalue weighted by Crippen LogP contribution is 2.39. The summed E-state index contributed by atoms with van der Waals surface area (Å²) in [6.45, 7) is 2.05. The highest BCUT2D eigenvalue weighted by Gasteiger charge is 2.50. The Balaban J connectivity index is 2.00. The second kappa shape index (κ2) is 4.27. The fraction of sp³-hybridized carbons (Fsp3) is 0.455. The van der Waals surface area contributed by atoms with Gasteiger partial charge in [0, 0.05) is 18.8 Å². The lowest BCUT2D eigenvalue weighted by Crippen LogP contribution is -2.57. The number of nitrogens with zero attached hydrogens (tertiary/aromatic N) is 1. The Hall–Kier alpha value is -1.48. The minimum absolute atomic E-state index is 0.330. The van der Waals surface area contributed by atoms with Gasteiger partial charge in [0.1, 0.15) is 5.00 Å². The van der Waals surface area contributed by atoms with Gasteiger partial charge in [-0.2, -0.15) is 0 Å². The first-order chi connectivity index (χ1) is 9.08. The molecule has 0 bridgehead atoms. The summed E-state index contributed by atoms with van der Waals surface area (Å²) in [6.07, 6.45) is 0.417. The molecular formula is C11H13N3O4S. The summed E-state index contributed by atoms with van der Waals surface area (Å²) < 4.78 is 0. The van der Waals surface area contributed by atoms with Gasteiger partial charge in [0.15, 0.2) is 5.72 Å². The van der Waals surface area contributed by atoms with Gasteiger partial charge in [-0.3, -0.25) is 14.4 Å². The lowest BCUT2D eigenvalue weighted by molar-refractivity contribution is -0.302. The third kappa shape index (κ3) is 1.68. The van der Waals surface area contributed by atoms with E-state index in [2.05, 4.69) is 11.0 Å². The Morgan fingerprint density at radius 3 is 2.89 bits per heavy atom. The fourth-order valence-corrected chi connectivity index (χ4v) is 3.16. The number of carbonyl (C=O) groups is 2. The van der Waals surface area contributed by atoms with Crippen molar-refractivity contribution in [3.05, 3.63) is 16.5 Å². The van der Waals surface area contributed by atoms with Crippen LogP contribution in [0.5, 0.6) is 0 Å². The van der Waals surface area contributed by atoms with Crippen LogP contribution in [0.15, 0.2) is 5.38 Å². The van der Waals surface area contributed by atoms with Crippen molar-refractivity contribution in [1.29, 1.82) is 0 Å². The van der Waals surface area contributed by atoms with Crippen LogP contribution in [-0.4, -0.2) is 36.1 Å². The fourth-order valence-electron chi connectivity index (χ4n) is 2.28. The number of nitrogens with one attached hydrogen (secondary N) is 2. The van der Waals surface area contributed by atoms with Crippen LogP contribution in [0.1, 0.15) is 34.1 Å². The Morgan fingerprint density at radius 2 is 2.26 bits per heavy atom. The summed E-state index contributed by atoms with van der Waals surface area (Å²) >= 11 is 1.35. The lowest BCUT2D eigenvalue weighted by Gasteiger charge is -2.38. The molecule has 19 heavy (non-hydrogen) atoms. The van der Waals surface area contributed by atoms with Crippen LogP contribution in [0.4, 0.5) is 5.00 Å². The van der Waals surface area contributed by atoms with E-state index in [0.29, 0.717) is 29.2 Å². The van der Waals surface area contributed by atoms with Crippen molar-refractivity contribution in [2.24, 2.45) is 0 Å². The van der Waals surface area contributed by atoms with Crippen LogP contribution in [0, 0.1) is 0 Å². The van der Waals surface area contributed by atoms with E-state index in [1.165, 1.54) is 11.3 Å². The SMILES string of the molecule is CNc1scc2c1C(=O)N([C@@]1(C)CCONO1)C2=O. The van der Waals surface area contributed by atoms with Crippen molar-refractivity contribution in [2.75, 3.05) is 19.0 Å². The van der Waals surface area contributed by atoms with Gasteiger partial charge in [-0.25, -0.2) is 9.74 Å². The van der Waals surface area contributed by atoms with Crippen molar-refractivity contribution >= 4 is 28.2 Å². The monoisotopic (exact) mass is 283 g/mol. The van der Waals surface area contributed by atoms with Gasteiger partial charge in [0.25, 0.3) is 11.8 Å². The summed E-state index contributed by atoms with van der Waals surface area (Å²) in [7, 11) is 1.72. The highest BCUT2D eigenvalue weighted by atomic mass is 32.1. The van der Waals surface area contributed by atoms with E-state index in [4.69, 9.17) is 9.68 Å². The first-order valence-electron chi connectivity index (χ1n) is 5.81. The zero-order valence-corrected chi connectivity index (χ0v) is 11.3. The maximum absolute atomic E-state index is 12.5. The van der Waals surface area contributed by atoms with E-state index >= 15 is 0 Å². The van der Waals surface area contributed by atoms with Crippen LogP contribution < -0.4 is 11.0 Å². The summed E-state index contributed by atoms with van der Waals surface area (Å²) in [5, 5.41) is 5.32. The van der Waals surface area contributed by atoms with Crippen molar-refractivity contribution in [1.82, 2.24) is 10.5 Å². The van der Waals surface area contributed by atoms with Gasteiger partial charge >= 0.3 is 0 Å². The molecule has 1 aromatic heterocycles. The van der Waals surface area contributed by atoms with Gasteiger partial charge in [0.05, 0.1) is 17.7 Å². The van der Waals surface area contributed by atoms with Crippen molar-refractivity contribution in [2.45, 2.75) is 19.1 Å². The number of hydrogen-bond acceptors (Lipinski definition) is 7. The van der Waals surface area contributed by atoms with Crippen LogP contribution in [0.2, 0.25) is 0 Å². The number of fused-ring (bicyclic) bond motifs is 1. The van der Waals surface area contributed by atoms with Crippen LogP contribution in [0.3, 0.4) is 0 Å². The maximum atomic E-state index is 12.5. The Kier molecular flexibility index (Phi) is 2.82. The molecule has 7 nitrogen and oxygen atoms in total. The minimum atomic E-state index is -1.03. The second-order valence-corrected chi connectivity index (χ2v) is 5.39. The second-order valence-electron chi connectivity index (χ2n) is 4.51. The molecule has 8 heteroatoms. The molecule has 0 aromatic carbocycles. The lowest BCUT2D eigenvalue weighted by atomic mass is 10.1. The highest BCUT2D eigenvalue weighted by molar-refractivity contribution is 7.15. The molecule has 3 heterocycles. The molecule has 3 rings (SSSR count). The summed E-state index contributed by atoms with van der Waals surface area (Å²) in [4.78, 5) is 36.1. The van der Waals surface area contributed by atoms with Crippen LogP contribution in [0.25, 0.3) is 0 Å². The normalized spacial score (nSPS) is 26.7. The van der Waals surface area contributed by atoms with Crippen LogP contribution in [-0.2, 0) is 9.68 Å². The number of thiophene rings is 1. The van der Waals surface area contributed by atoms with Gasteiger partial charge in [-0.1, -0.05) is 5.64 Å². The predicted molar refractivity (Wildman–Crippen MR) is 67.6 cm³/mol. The average Bonchev–Trinajstić information content (AvgIpc) is 2.92. The van der Waals surface area contributed by atoms with Crippen molar-refractivity contribution in [3.63, 3.8) is 0 Å². The third-order valence-electron chi connectivity index (χ3n) is 3.33. The topological polar surface area (TPSA) is 79.9 Å². The zero-order chi connectivity index (χ0) is 13.6. The summed E-state index contributed by atoms with van der Waals surface area (Å²) in [5.41, 5.74) is 2.10. The zero-order valence-electron chi connectivity index (χ0n) is 10.5. The molecule has 2 aliphatic heterocycles. The average molecular weight is 283 g/mol. The number of carbonyl (C=O) groups excluding carboxylic acids is 2. The Labute approximate surface area is 113 Å². The maximum Gasteiger partial charge on any atom is 0.266 e. The molecular weight excluding hydrogens is 270 g/mol. The predicted octanol–water partition coefficient (Wildman–Crippen LogP) is 0.958. The molecule has 2 aliphatic rings. The number of rotatable bonds is 2. The van der Waals surface area contributed by atoms with Gasteiger partial charge in [-0.15, -0.1) is 11.3 Å². The quantitative estimate of drug-likeness (QED) is 0.787. The minimum Gasteiger partial charge on any atom is -0.379 e. The Morgan fingerprint density at radius 1 is 1.47 bits per heavy atom. The molecule has 0 spiro atoms. The summed E-state index contributed by atoms with van der Waals surface area (Å²) in [6, 6.07) is 0. The van der Waals surface area contributed by atoms with Gasteiger partial charge in [0.2, 0.25) is 0 Å². The molecule has 0 radical (unpaired) electrons. The number of imide groups is 1. The van der Waals surface area contributed by atoms with E-state index < -0.39 is 5.72 Å².